The lowest BCUT2D eigenvalue weighted by atomic mass is 9.95. The van der Waals surface area contributed by atoms with E-state index >= 15 is 0 Å². The van der Waals surface area contributed by atoms with Gasteiger partial charge in [0.15, 0.2) is 0 Å². The summed E-state index contributed by atoms with van der Waals surface area (Å²) in [5.41, 5.74) is 0.813. The topological polar surface area (TPSA) is 21.3 Å². The molecule has 0 aliphatic heterocycles. The van der Waals surface area contributed by atoms with E-state index in [9.17, 15) is 4.39 Å². The molecule has 1 aromatic carbocycles. The lowest BCUT2D eigenvalue weighted by molar-refractivity contribution is 0.0118. The van der Waals surface area contributed by atoms with E-state index < -0.39 is 0 Å². The van der Waals surface area contributed by atoms with Gasteiger partial charge in [0.2, 0.25) is 0 Å². The zero-order valence-electron chi connectivity index (χ0n) is 11.4. The Labute approximate surface area is 117 Å². The predicted octanol–water partition coefficient (Wildman–Crippen LogP) is 4.05. The molecule has 0 radical (unpaired) electrons. The Morgan fingerprint density at radius 2 is 2.11 bits per heavy atom. The van der Waals surface area contributed by atoms with Crippen LogP contribution in [0.5, 0.6) is 0 Å². The Bertz CT molecular complexity index is 395. The molecule has 1 atom stereocenters. The van der Waals surface area contributed by atoms with Crippen molar-refractivity contribution in [2.24, 2.45) is 0 Å². The molecule has 0 bridgehead atoms. The molecule has 4 heteroatoms. The molecule has 0 heterocycles. The smallest absolute Gasteiger partial charge is 0.137 e. The van der Waals surface area contributed by atoms with Crippen molar-refractivity contribution in [3.63, 3.8) is 0 Å². The fourth-order valence-corrected chi connectivity index (χ4v) is 2.05. The lowest BCUT2D eigenvalue weighted by Gasteiger charge is -2.26. The van der Waals surface area contributed by atoms with Gasteiger partial charge in [-0.3, -0.25) is 0 Å². The quantitative estimate of drug-likeness (QED) is 0.854. The van der Waals surface area contributed by atoms with Gasteiger partial charge >= 0.3 is 0 Å². The fraction of sp³-hybridized carbons (Fsp3) is 0.571. The number of hydrogen-bond donors (Lipinski definition) is 1. The second-order valence-corrected chi connectivity index (χ2v) is 5.87. The Morgan fingerprint density at radius 1 is 1.44 bits per heavy atom. The lowest BCUT2D eigenvalue weighted by Crippen LogP contribution is -2.26. The molecule has 0 aromatic heterocycles. The first kappa shape index (κ1) is 15.6. The van der Waals surface area contributed by atoms with Crippen molar-refractivity contribution in [1.29, 1.82) is 0 Å². The van der Waals surface area contributed by atoms with Crippen molar-refractivity contribution >= 4 is 15.9 Å². The monoisotopic (exact) mass is 317 g/mol. The molecule has 0 saturated carbocycles. The maximum absolute atomic E-state index is 13.5. The fourth-order valence-electron chi connectivity index (χ4n) is 1.80. The first-order valence-electron chi connectivity index (χ1n) is 6.07. The number of rotatable bonds is 6. The Hall–Kier alpha value is -0.450. The summed E-state index contributed by atoms with van der Waals surface area (Å²) in [5.74, 6) is -0.223. The van der Waals surface area contributed by atoms with E-state index in [1.807, 2.05) is 13.1 Å². The summed E-state index contributed by atoms with van der Waals surface area (Å²) < 4.78 is 19.4. The minimum absolute atomic E-state index is 0.141. The molecule has 102 valence electrons. The average Bonchev–Trinajstić information content (AvgIpc) is 2.34. The summed E-state index contributed by atoms with van der Waals surface area (Å²) in [6.07, 6.45) is 1.81. The molecule has 0 amide bonds. The molecular weight excluding hydrogens is 297 g/mol. The number of benzene rings is 1. The van der Waals surface area contributed by atoms with Crippen LogP contribution in [0.1, 0.15) is 38.3 Å². The van der Waals surface area contributed by atoms with E-state index in [4.69, 9.17) is 4.74 Å². The van der Waals surface area contributed by atoms with Crippen LogP contribution in [0.25, 0.3) is 0 Å². The number of methoxy groups -OCH3 is 1. The van der Waals surface area contributed by atoms with Gasteiger partial charge in [-0.25, -0.2) is 4.39 Å². The summed E-state index contributed by atoms with van der Waals surface area (Å²) in [7, 11) is 3.61. The predicted molar refractivity (Wildman–Crippen MR) is 76.2 cm³/mol. The van der Waals surface area contributed by atoms with Gasteiger partial charge in [0, 0.05) is 13.2 Å². The zero-order valence-corrected chi connectivity index (χ0v) is 13.0. The number of nitrogens with one attached hydrogen (secondary N) is 1. The Morgan fingerprint density at radius 3 is 2.61 bits per heavy atom. The summed E-state index contributed by atoms with van der Waals surface area (Å²) in [6.45, 7) is 4.11. The first-order valence-corrected chi connectivity index (χ1v) is 6.86. The Kier molecular flexibility index (Phi) is 5.76. The number of halogens is 2. The maximum atomic E-state index is 13.5. The van der Waals surface area contributed by atoms with Crippen molar-refractivity contribution in [2.75, 3.05) is 14.2 Å². The van der Waals surface area contributed by atoms with Crippen LogP contribution >= 0.6 is 15.9 Å². The summed E-state index contributed by atoms with van der Waals surface area (Å²) in [4.78, 5) is 0. The molecular formula is C14H21BrFNO. The van der Waals surface area contributed by atoms with Crippen molar-refractivity contribution in [3.8, 4) is 0 Å². The molecule has 18 heavy (non-hydrogen) atoms. The van der Waals surface area contributed by atoms with Gasteiger partial charge < -0.3 is 10.1 Å². The van der Waals surface area contributed by atoms with Crippen LogP contribution < -0.4 is 5.32 Å². The second kappa shape index (κ2) is 6.64. The van der Waals surface area contributed by atoms with Crippen molar-refractivity contribution < 1.29 is 9.13 Å². The van der Waals surface area contributed by atoms with Crippen molar-refractivity contribution in [1.82, 2.24) is 5.32 Å². The van der Waals surface area contributed by atoms with E-state index in [0.717, 1.165) is 18.4 Å². The number of hydrogen-bond acceptors (Lipinski definition) is 2. The normalized spacial score (nSPS) is 13.7. The average molecular weight is 318 g/mol. The highest BCUT2D eigenvalue weighted by Gasteiger charge is 2.19. The highest BCUT2D eigenvalue weighted by atomic mass is 79.9. The first-order chi connectivity index (χ1) is 8.39. The zero-order chi connectivity index (χ0) is 13.8. The molecule has 1 N–H and O–H groups in total. The summed E-state index contributed by atoms with van der Waals surface area (Å²) >= 11 is 3.17. The van der Waals surface area contributed by atoms with E-state index in [1.165, 1.54) is 0 Å². The third-order valence-corrected chi connectivity index (χ3v) is 3.93. The van der Waals surface area contributed by atoms with Gasteiger partial charge in [0.05, 0.1) is 10.1 Å². The maximum Gasteiger partial charge on any atom is 0.137 e. The van der Waals surface area contributed by atoms with Crippen LogP contribution in [0.3, 0.4) is 0 Å². The molecule has 0 fully saturated rings. The van der Waals surface area contributed by atoms with Gasteiger partial charge in [0.1, 0.15) is 5.82 Å². The number of ether oxygens (including phenoxy) is 1. The molecule has 0 saturated heterocycles. The SMILES string of the molecule is CNC(CCC(C)(C)OC)c1ccc(Br)c(F)c1. The van der Waals surface area contributed by atoms with E-state index in [1.54, 1.807) is 19.2 Å². The van der Waals surface area contributed by atoms with Crippen LogP contribution in [-0.2, 0) is 4.74 Å². The standard InChI is InChI=1S/C14H21BrFNO/c1-14(2,18-4)8-7-13(17-3)10-5-6-11(15)12(16)9-10/h5-6,9,13,17H,7-8H2,1-4H3. The molecule has 1 unspecified atom stereocenters. The van der Waals surface area contributed by atoms with Gasteiger partial charge in [-0.2, -0.15) is 0 Å². The molecule has 1 rings (SSSR count). The van der Waals surface area contributed by atoms with E-state index in [0.29, 0.717) is 4.47 Å². The van der Waals surface area contributed by atoms with Crippen LogP contribution in [0.15, 0.2) is 22.7 Å². The van der Waals surface area contributed by atoms with Crippen LogP contribution in [0.4, 0.5) is 4.39 Å². The molecule has 0 spiro atoms. The largest absolute Gasteiger partial charge is 0.379 e. The van der Waals surface area contributed by atoms with Gasteiger partial charge in [0.25, 0.3) is 0 Å². The van der Waals surface area contributed by atoms with Crippen LogP contribution in [0, 0.1) is 5.82 Å². The molecule has 0 aliphatic carbocycles. The summed E-state index contributed by atoms with van der Waals surface area (Å²) in [5, 5.41) is 3.22. The molecule has 2 nitrogen and oxygen atoms in total. The minimum atomic E-state index is -0.223. The van der Waals surface area contributed by atoms with Gasteiger partial charge in [-0.1, -0.05) is 6.07 Å². The van der Waals surface area contributed by atoms with Crippen molar-refractivity contribution in [3.05, 3.63) is 34.1 Å². The third kappa shape index (κ3) is 4.34. The highest BCUT2D eigenvalue weighted by Crippen LogP contribution is 2.26. The van der Waals surface area contributed by atoms with Crippen LogP contribution in [0.2, 0.25) is 0 Å². The third-order valence-electron chi connectivity index (χ3n) is 3.28. The Balaban J connectivity index is 2.74. The van der Waals surface area contributed by atoms with E-state index in [-0.39, 0.29) is 17.5 Å². The second-order valence-electron chi connectivity index (χ2n) is 5.02. The van der Waals surface area contributed by atoms with Crippen molar-refractivity contribution in [2.45, 2.75) is 38.3 Å². The van der Waals surface area contributed by atoms with Crippen LogP contribution in [-0.4, -0.2) is 19.8 Å². The van der Waals surface area contributed by atoms with E-state index in [2.05, 4.69) is 35.1 Å². The minimum Gasteiger partial charge on any atom is -0.379 e. The highest BCUT2D eigenvalue weighted by molar-refractivity contribution is 9.10. The van der Waals surface area contributed by atoms with Gasteiger partial charge in [-0.15, -0.1) is 0 Å². The molecule has 0 aliphatic rings. The molecule has 1 aromatic rings. The van der Waals surface area contributed by atoms with Gasteiger partial charge in [-0.05, 0) is 67.4 Å². The summed E-state index contributed by atoms with van der Waals surface area (Å²) in [6, 6.07) is 5.40.